The molecule has 0 aliphatic heterocycles. The third-order valence-electron chi connectivity index (χ3n) is 7.93. The van der Waals surface area contributed by atoms with Gasteiger partial charge in [0.2, 0.25) is 11.8 Å². The largest absolute Gasteiger partial charge is 0.478 e. The number of aromatic nitrogens is 1. The van der Waals surface area contributed by atoms with E-state index in [0.29, 0.717) is 0 Å². The highest BCUT2D eigenvalue weighted by Gasteiger charge is 2.42. The van der Waals surface area contributed by atoms with Gasteiger partial charge in [-0.2, -0.15) is 0 Å². The van der Waals surface area contributed by atoms with Crippen molar-refractivity contribution in [1.29, 1.82) is 0 Å². The number of rotatable bonds is 12. The maximum absolute atomic E-state index is 14.0. The number of hydrogen-bond acceptors (Lipinski definition) is 5. The molecule has 0 saturated heterocycles. The van der Waals surface area contributed by atoms with Crippen LogP contribution in [0.25, 0.3) is 10.9 Å². The second-order valence-electron chi connectivity index (χ2n) is 12.9. The summed E-state index contributed by atoms with van der Waals surface area (Å²) in [4.78, 5) is 41.0. The van der Waals surface area contributed by atoms with Crippen LogP contribution < -0.4 is 14.2 Å². The normalized spacial score (nSPS) is 15.1. The lowest BCUT2D eigenvalue weighted by atomic mass is 9.76. The summed E-state index contributed by atoms with van der Waals surface area (Å²) in [6.07, 6.45) is 3.68. The maximum Gasteiger partial charge on any atom is 0.331 e. The van der Waals surface area contributed by atoms with Gasteiger partial charge < -0.3 is 25.2 Å². The van der Waals surface area contributed by atoms with E-state index in [4.69, 9.17) is 0 Å². The Morgan fingerprint density at radius 1 is 1.12 bits per heavy atom. The van der Waals surface area contributed by atoms with E-state index in [1.807, 2.05) is 55.5 Å². The molecule has 0 aliphatic rings. The second kappa shape index (κ2) is 13.7. The van der Waals surface area contributed by atoms with Gasteiger partial charge in [0, 0.05) is 71.6 Å². The average Bonchev–Trinajstić information content (AvgIpc) is 3.21. The van der Waals surface area contributed by atoms with E-state index in [1.54, 1.807) is 25.1 Å². The Bertz CT molecular complexity index is 1290. The number of aliphatic carboxylic acids is 1. The van der Waals surface area contributed by atoms with Crippen molar-refractivity contribution in [2.24, 2.45) is 18.4 Å². The van der Waals surface area contributed by atoms with Gasteiger partial charge in [-0.05, 0) is 42.5 Å². The van der Waals surface area contributed by atoms with Crippen LogP contribution in [-0.4, -0.2) is 64.6 Å². The molecule has 2 aromatic rings. The minimum atomic E-state index is -1.03. The Balaban J connectivity index is 2.46. The molecule has 0 bridgehead atoms. The first-order valence-electron chi connectivity index (χ1n) is 14.0. The molecule has 0 fully saturated rings. The molecule has 0 unspecified atom stereocenters. The molecule has 10 heteroatoms. The lowest BCUT2D eigenvalue weighted by molar-refractivity contribution is -0.141. The second-order valence-corrected chi connectivity index (χ2v) is 13.7. The monoisotopic (exact) mass is 681 g/mol. The third-order valence-corrected chi connectivity index (χ3v) is 8.31. The maximum atomic E-state index is 14.0. The van der Waals surface area contributed by atoms with Gasteiger partial charge >= 0.3 is 5.97 Å². The summed E-state index contributed by atoms with van der Waals surface area (Å²) in [5, 5.41) is 16.8. The summed E-state index contributed by atoms with van der Waals surface area (Å²) in [6, 6.07) is 4.45. The van der Waals surface area contributed by atoms with Gasteiger partial charge in [-0.3, -0.25) is 13.1 Å². The van der Waals surface area contributed by atoms with Gasteiger partial charge in [-0.25, -0.2) is 4.79 Å². The molecule has 1 heterocycles. The van der Waals surface area contributed by atoms with Crippen LogP contribution in [0.2, 0.25) is 0 Å². The van der Waals surface area contributed by atoms with E-state index in [2.05, 4.69) is 66.0 Å². The van der Waals surface area contributed by atoms with Crippen LogP contribution in [0.3, 0.4) is 0 Å². The van der Waals surface area contributed by atoms with E-state index in [0.717, 1.165) is 23.0 Å². The zero-order chi connectivity index (χ0) is 31.4. The highest BCUT2D eigenvalue weighted by Crippen LogP contribution is 2.35. The first-order chi connectivity index (χ1) is 18.9. The molecule has 2 amide bonds. The van der Waals surface area contributed by atoms with Gasteiger partial charge in [-0.15, -0.1) is 0 Å². The highest BCUT2D eigenvalue weighted by atomic mass is 127. The van der Waals surface area contributed by atoms with Crippen LogP contribution in [0.1, 0.15) is 66.5 Å². The third kappa shape index (κ3) is 7.90. The molecule has 228 valence electrons. The van der Waals surface area contributed by atoms with Crippen LogP contribution in [0, 0.1) is 11.3 Å². The summed E-state index contributed by atoms with van der Waals surface area (Å²) in [6.45, 7) is 16.0. The number of carbonyl (C=O) groups excluding carboxylic acids is 2. The van der Waals surface area contributed by atoms with Crippen molar-refractivity contribution >= 4 is 51.6 Å². The van der Waals surface area contributed by atoms with Gasteiger partial charge in [0.25, 0.3) is 0 Å². The summed E-state index contributed by atoms with van der Waals surface area (Å²) in [5.74, 6) is -1.60. The fraction of sp³-hybridized carbons (Fsp3) is 0.581. The summed E-state index contributed by atoms with van der Waals surface area (Å²) in [5.41, 5.74) is 2.23. The molecular weight excluding hydrogens is 633 g/mol. The predicted molar refractivity (Wildman–Crippen MR) is 174 cm³/mol. The molecule has 3 atom stereocenters. The summed E-state index contributed by atoms with van der Waals surface area (Å²) >= 11 is 2.14. The summed E-state index contributed by atoms with van der Waals surface area (Å²) in [7, 11) is 5.43. The van der Waals surface area contributed by atoms with Gasteiger partial charge in [0.1, 0.15) is 6.04 Å². The highest BCUT2D eigenvalue weighted by molar-refractivity contribution is 14.1. The number of amides is 2. The van der Waals surface area contributed by atoms with E-state index < -0.39 is 34.9 Å². The van der Waals surface area contributed by atoms with Crippen molar-refractivity contribution < 1.29 is 19.5 Å². The molecule has 1 aromatic carbocycles. The molecular formula is C31H48IN5O4. The SMILES string of the molecule is CN[C@H](C(=O)N[C@H](C(=O)N(C)[C@H](/C=C(\C)C(=O)O)C(C)C)C(C)(C)C)C(C)(C)c1cn(C)c2cc(CNI)ccc12. The standard InChI is InChI=1S/C31H48IN5O4/c1-18(2)23(14-19(3)29(40)41)37(11)28(39)26(30(4,5)6)35-27(38)25(33-9)31(7,8)22-17-36(10)24-15-20(16-34-32)12-13-21(22)24/h12-15,17-18,23,25-26,33-34H,16H2,1-11H3,(H,35,38)(H,40,41)/b19-14+/t23-,25-,26-/m1/s1. The van der Waals surface area contributed by atoms with Gasteiger partial charge in [0.15, 0.2) is 0 Å². The Morgan fingerprint density at radius 2 is 1.73 bits per heavy atom. The molecule has 0 saturated carbocycles. The molecule has 0 aliphatic carbocycles. The van der Waals surface area contributed by atoms with E-state index in [1.165, 1.54) is 12.5 Å². The van der Waals surface area contributed by atoms with Crippen molar-refractivity contribution in [3.63, 3.8) is 0 Å². The van der Waals surface area contributed by atoms with Crippen molar-refractivity contribution in [2.45, 2.75) is 85.5 Å². The first kappa shape index (κ1) is 34.8. The summed E-state index contributed by atoms with van der Waals surface area (Å²) < 4.78 is 5.25. The number of fused-ring (bicyclic) bond motifs is 1. The minimum Gasteiger partial charge on any atom is -0.478 e. The predicted octanol–water partition coefficient (Wildman–Crippen LogP) is 4.53. The molecule has 2 rings (SSSR count). The lowest BCUT2D eigenvalue weighted by Crippen LogP contribution is -2.61. The number of carboxylic acids is 1. The average molecular weight is 682 g/mol. The van der Waals surface area contributed by atoms with Crippen LogP contribution in [0.15, 0.2) is 36.0 Å². The van der Waals surface area contributed by atoms with E-state index >= 15 is 0 Å². The molecule has 9 nitrogen and oxygen atoms in total. The topological polar surface area (TPSA) is 116 Å². The smallest absolute Gasteiger partial charge is 0.331 e. The number of halogens is 1. The van der Waals surface area contributed by atoms with Crippen molar-refractivity contribution in [2.75, 3.05) is 14.1 Å². The molecule has 0 spiro atoms. The van der Waals surface area contributed by atoms with Crippen LogP contribution in [0.4, 0.5) is 0 Å². The zero-order valence-corrected chi connectivity index (χ0v) is 28.5. The fourth-order valence-electron chi connectivity index (χ4n) is 5.41. The molecule has 1 aromatic heterocycles. The Labute approximate surface area is 259 Å². The van der Waals surface area contributed by atoms with Crippen LogP contribution in [-0.2, 0) is 33.4 Å². The minimum absolute atomic E-state index is 0.0295. The number of likely N-dealkylation sites (N-methyl/N-ethyl adjacent to an activating group) is 2. The Hall–Kier alpha value is -2.44. The molecule has 4 N–H and O–H groups in total. The number of nitrogens with one attached hydrogen (secondary N) is 3. The molecule has 41 heavy (non-hydrogen) atoms. The number of carboxylic acid groups (broad SMARTS) is 1. The number of hydrogen-bond donors (Lipinski definition) is 4. The number of carbonyl (C=O) groups is 3. The van der Waals surface area contributed by atoms with Crippen molar-refractivity contribution in [1.82, 2.24) is 23.6 Å². The number of benzene rings is 1. The van der Waals surface area contributed by atoms with Gasteiger partial charge in [-0.1, -0.05) is 66.7 Å². The van der Waals surface area contributed by atoms with Gasteiger partial charge in [0.05, 0.1) is 12.1 Å². The Kier molecular flexibility index (Phi) is 11.6. The number of nitrogens with zero attached hydrogens (tertiary/aromatic N) is 2. The van der Waals surface area contributed by atoms with Crippen molar-refractivity contribution in [3.05, 3.63) is 47.2 Å². The Morgan fingerprint density at radius 3 is 2.22 bits per heavy atom. The first-order valence-corrected chi connectivity index (χ1v) is 15.0. The molecule has 0 radical (unpaired) electrons. The lowest BCUT2D eigenvalue weighted by Gasteiger charge is -2.39. The van der Waals surface area contributed by atoms with Crippen LogP contribution in [0.5, 0.6) is 0 Å². The van der Waals surface area contributed by atoms with E-state index in [-0.39, 0.29) is 23.3 Å². The quantitative estimate of drug-likeness (QED) is 0.149. The number of aryl methyl sites for hydroxylation is 1. The fourth-order valence-corrected chi connectivity index (χ4v) is 5.85. The van der Waals surface area contributed by atoms with E-state index in [9.17, 15) is 19.5 Å². The van der Waals surface area contributed by atoms with Crippen molar-refractivity contribution in [3.8, 4) is 0 Å². The van der Waals surface area contributed by atoms with Crippen LogP contribution >= 0.6 is 22.9 Å². The zero-order valence-electron chi connectivity index (χ0n) is 26.3.